The Labute approximate surface area is 123 Å². The van der Waals surface area contributed by atoms with Crippen LogP contribution in [0.2, 0.25) is 0 Å². The fraction of sp³-hybridized carbons (Fsp3) is 0.571. The first kappa shape index (κ1) is 16.3. The summed E-state index contributed by atoms with van der Waals surface area (Å²) in [5.41, 5.74) is 0.791. The third-order valence-electron chi connectivity index (χ3n) is 3.02. The Morgan fingerprint density at radius 2 is 1.95 bits per heavy atom. The van der Waals surface area contributed by atoms with E-state index < -0.39 is 0 Å². The second-order valence-corrected chi connectivity index (χ2v) is 5.00. The summed E-state index contributed by atoms with van der Waals surface area (Å²) in [6, 6.07) is 3.63. The molecule has 0 aliphatic heterocycles. The van der Waals surface area contributed by atoms with Crippen molar-refractivity contribution in [3.63, 3.8) is 0 Å². The molecule has 1 aromatic rings. The molecule has 0 saturated carbocycles. The minimum atomic E-state index is -0.0192. The summed E-state index contributed by atoms with van der Waals surface area (Å²) in [4.78, 5) is 2.29. The first-order valence-corrected chi connectivity index (χ1v) is 7.27. The zero-order valence-corrected chi connectivity index (χ0v) is 13.4. The maximum Gasteiger partial charge on any atom is 0.175 e. The number of nitrogens with zero attached hydrogens (tertiary/aromatic N) is 1. The van der Waals surface area contributed by atoms with Gasteiger partial charge in [-0.05, 0) is 46.7 Å². The van der Waals surface area contributed by atoms with Crippen LogP contribution in [0.1, 0.15) is 19.4 Å². The van der Waals surface area contributed by atoms with Gasteiger partial charge in [0.2, 0.25) is 0 Å². The Balaban J connectivity index is 2.72. The standard InChI is InChI=1S/C14H22BrNO3/c1-4-16(5-2)6-7-19-14-12(15)8-11(10-17)9-13(14)18-3/h8-9,17H,4-7,10H2,1-3H3. The van der Waals surface area contributed by atoms with Gasteiger partial charge in [-0.25, -0.2) is 0 Å². The van der Waals surface area contributed by atoms with Crippen LogP contribution in [0.25, 0.3) is 0 Å². The van der Waals surface area contributed by atoms with E-state index in [2.05, 4.69) is 34.7 Å². The lowest BCUT2D eigenvalue weighted by molar-refractivity contribution is 0.216. The van der Waals surface area contributed by atoms with Gasteiger partial charge < -0.3 is 19.5 Å². The lowest BCUT2D eigenvalue weighted by Crippen LogP contribution is -2.28. The van der Waals surface area contributed by atoms with E-state index in [1.807, 2.05) is 6.07 Å². The zero-order valence-electron chi connectivity index (χ0n) is 11.8. The largest absolute Gasteiger partial charge is 0.493 e. The molecule has 0 spiro atoms. The first-order valence-electron chi connectivity index (χ1n) is 6.48. The zero-order chi connectivity index (χ0) is 14.3. The van der Waals surface area contributed by atoms with Crippen LogP contribution >= 0.6 is 15.9 Å². The predicted octanol–water partition coefficient (Wildman–Crippen LogP) is 2.67. The molecule has 19 heavy (non-hydrogen) atoms. The van der Waals surface area contributed by atoms with Crippen molar-refractivity contribution in [1.82, 2.24) is 4.90 Å². The van der Waals surface area contributed by atoms with Crippen LogP contribution in [0.4, 0.5) is 0 Å². The van der Waals surface area contributed by atoms with Crippen LogP contribution in [0.15, 0.2) is 16.6 Å². The molecule has 1 aromatic carbocycles. The fourth-order valence-electron chi connectivity index (χ4n) is 1.82. The van der Waals surface area contributed by atoms with Crippen LogP contribution in [-0.2, 0) is 6.61 Å². The fourth-order valence-corrected chi connectivity index (χ4v) is 2.43. The third kappa shape index (κ3) is 4.67. The lowest BCUT2D eigenvalue weighted by Gasteiger charge is -2.19. The number of hydrogen-bond acceptors (Lipinski definition) is 4. The highest BCUT2D eigenvalue weighted by Crippen LogP contribution is 2.36. The molecule has 0 fully saturated rings. The van der Waals surface area contributed by atoms with Gasteiger partial charge in [0, 0.05) is 6.54 Å². The summed E-state index contributed by atoms with van der Waals surface area (Å²) in [7, 11) is 1.60. The van der Waals surface area contributed by atoms with Crippen LogP contribution in [0.3, 0.4) is 0 Å². The van der Waals surface area contributed by atoms with E-state index in [1.54, 1.807) is 13.2 Å². The predicted molar refractivity (Wildman–Crippen MR) is 79.9 cm³/mol. The number of benzene rings is 1. The smallest absolute Gasteiger partial charge is 0.175 e. The number of rotatable bonds is 8. The average Bonchev–Trinajstić information content (AvgIpc) is 2.44. The molecule has 0 unspecified atom stereocenters. The van der Waals surface area contributed by atoms with Gasteiger partial charge in [-0.15, -0.1) is 0 Å². The Kier molecular flexibility index (Phi) is 7.20. The molecular weight excluding hydrogens is 310 g/mol. The molecule has 0 aliphatic rings. The number of halogens is 1. The quantitative estimate of drug-likeness (QED) is 0.795. The Morgan fingerprint density at radius 3 is 2.47 bits per heavy atom. The number of aliphatic hydroxyl groups excluding tert-OH is 1. The summed E-state index contributed by atoms with van der Waals surface area (Å²) in [6.07, 6.45) is 0. The van der Waals surface area contributed by atoms with Gasteiger partial charge in [-0.3, -0.25) is 0 Å². The average molecular weight is 332 g/mol. The number of ether oxygens (including phenoxy) is 2. The normalized spacial score (nSPS) is 10.8. The van der Waals surface area contributed by atoms with Crippen molar-refractivity contribution in [2.75, 3.05) is 33.4 Å². The van der Waals surface area contributed by atoms with Crippen molar-refractivity contribution < 1.29 is 14.6 Å². The first-order chi connectivity index (χ1) is 9.15. The highest BCUT2D eigenvalue weighted by Gasteiger charge is 2.11. The number of aliphatic hydroxyl groups is 1. The van der Waals surface area contributed by atoms with Gasteiger partial charge in [0.25, 0.3) is 0 Å². The lowest BCUT2D eigenvalue weighted by atomic mass is 10.2. The monoisotopic (exact) mass is 331 g/mol. The van der Waals surface area contributed by atoms with Gasteiger partial charge >= 0.3 is 0 Å². The number of methoxy groups -OCH3 is 1. The minimum Gasteiger partial charge on any atom is -0.493 e. The number of hydrogen-bond donors (Lipinski definition) is 1. The summed E-state index contributed by atoms with van der Waals surface area (Å²) >= 11 is 3.45. The molecule has 0 aliphatic carbocycles. The molecule has 0 amide bonds. The van der Waals surface area contributed by atoms with E-state index in [4.69, 9.17) is 14.6 Å². The van der Waals surface area contributed by atoms with Gasteiger partial charge in [-0.2, -0.15) is 0 Å². The van der Waals surface area contributed by atoms with Crippen molar-refractivity contribution in [2.45, 2.75) is 20.5 Å². The van der Waals surface area contributed by atoms with E-state index in [0.29, 0.717) is 18.1 Å². The molecule has 0 bridgehead atoms. The summed E-state index contributed by atoms with van der Waals surface area (Å²) in [5.74, 6) is 1.32. The molecule has 0 radical (unpaired) electrons. The van der Waals surface area contributed by atoms with Crippen molar-refractivity contribution >= 4 is 15.9 Å². The molecule has 108 valence electrons. The second kappa shape index (κ2) is 8.40. The maximum absolute atomic E-state index is 9.16. The Hall–Kier alpha value is -0.780. The van der Waals surface area contributed by atoms with E-state index in [9.17, 15) is 0 Å². The Morgan fingerprint density at radius 1 is 1.26 bits per heavy atom. The maximum atomic E-state index is 9.16. The van der Waals surface area contributed by atoms with E-state index in [1.165, 1.54) is 0 Å². The highest BCUT2D eigenvalue weighted by molar-refractivity contribution is 9.10. The molecule has 0 heterocycles. The van der Waals surface area contributed by atoms with Gasteiger partial charge in [0.15, 0.2) is 11.5 Å². The van der Waals surface area contributed by atoms with E-state index >= 15 is 0 Å². The molecule has 0 atom stereocenters. The van der Waals surface area contributed by atoms with E-state index in [0.717, 1.165) is 29.7 Å². The van der Waals surface area contributed by atoms with Crippen LogP contribution in [-0.4, -0.2) is 43.4 Å². The molecule has 5 heteroatoms. The van der Waals surface area contributed by atoms with Crippen LogP contribution < -0.4 is 9.47 Å². The van der Waals surface area contributed by atoms with Crippen molar-refractivity contribution in [3.05, 3.63) is 22.2 Å². The van der Waals surface area contributed by atoms with Gasteiger partial charge in [-0.1, -0.05) is 13.8 Å². The van der Waals surface area contributed by atoms with Crippen molar-refractivity contribution in [2.24, 2.45) is 0 Å². The summed E-state index contributed by atoms with van der Waals surface area (Å²) in [5, 5.41) is 9.16. The molecule has 1 rings (SSSR count). The van der Waals surface area contributed by atoms with Gasteiger partial charge in [0.1, 0.15) is 6.61 Å². The summed E-state index contributed by atoms with van der Waals surface area (Å²) in [6.45, 7) is 7.77. The molecule has 0 aromatic heterocycles. The van der Waals surface area contributed by atoms with Gasteiger partial charge in [0.05, 0.1) is 18.2 Å². The summed E-state index contributed by atoms with van der Waals surface area (Å²) < 4.78 is 11.9. The van der Waals surface area contributed by atoms with Crippen molar-refractivity contribution in [1.29, 1.82) is 0 Å². The van der Waals surface area contributed by atoms with E-state index in [-0.39, 0.29) is 6.61 Å². The molecule has 1 N–H and O–H groups in total. The SMILES string of the molecule is CCN(CC)CCOc1c(Br)cc(CO)cc1OC. The van der Waals surface area contributed by atoms with Crippen molar-refractivity contribution in [3.8, 4) is 11.5 Å². The molecule has 4 nitrogen and oxygen atoms in total. The minimum absolute atomic E-state index is 0.0192. The Bertz CT molecular complexity index is 395. The topological polar surface area (TPSA) is 41.9 Å². The van der Waals surface area contributed by atoms with Crippen LogP contribution in [0.5, 0.6) is 11.5 Å². The molecular formula is C14H22BrNO3. The highest BCUT2D eigenvalue weighted by atomic mass is 79.9. The number of likely N-dealkylation sites (N-methyl/N-ethyl adjacent to an activating group) is 1. The van der Waals surface area contributed by atoms with Crippen LogP contribution in [0, 0.1) is 0 Å². The second-order valence-electron chi connectivity index (χ2n) is 4.14. The third-order valence-corrected chi connectivity index (χ3v) is 3.61. The molecule has 0 saturated heterocycles.